The van der Waals surface area contributed by atoms with Crippen molar-refractivity contribution in [2.75, 3.05) is 29.6 Å². The minimum Gasteiger partial charge on any atom is -0.378 e. The van der Waals surface area contributed by atoms with Gasteiger partial charge in [0.25, 0.3) is 0 Å². The fourth-order valence-electron chi connectivity index (χ4n) is 2.20. The number of nitrogens with zero attached hydrogens (tertiary/aromatic N) is 5. The molecule has 0 aliphatic heterocycles. The van der Waals surface area contributed by atoms with Gasteiger partial charge in [0, 0.05) is 31.2 Å². The second kappa shape index (κ2) is 7.27. The van der Waals surface area contributed by atoms with Crippen LogP contribution in [0.1, 0.15) is 5.56 Å². The summed E-state index contributed by atoms with van der Waals surface area (Å²) in [6.07, 6.45) is 1.55. The Morgan fingerprint density at radius 1 is 1.00 bits per heavy atom. The molecule has 124 valence electrons. The molecule has 0 unspecified atom stereocenters. The van der Waals surface area contributed by atoms with E-state index < -0.39 is 0 Å². The summed E-state index contributed by atoms with van der Waals surface area (Å²) in [7, 11) is 3.99. The van der Waals surface area contributed by atoms with Gasteiger partial charge in [-0.2, -0.15) is 15.3 Å². The van der Waals surface area contributed by atoms with E-state index in [0.29, 0.717) is 17.3 Å². The van der Waals surface area contributed by atoms with Crippen LogP contribution in [0.5, 0.6) is 0 Å². The van der Waals surface area contributed by atoms with E-state index in [0.717, 1.165) is 17.1 Å². The van der Waals surface area contributed by atoms with Crippen molar-refractivity contribution in [3.63, 3.8) is 0 Å². The Labute approximate surface area is 146 Å². The minimum atomic E-state index is 0.352. The Balaban J connectivity index is 1.73. The van der Waals surface area contributed by atoms with E-state index in [2.05, 4.69) is 31.9 Å². The predicted molar refractivity (Wildman–Crippen MR) is 98.3 cm³/mol. The highest BCUT2D eigenvalue weighted by Crippen LogP contribution is 2.20. The third-order valence-electron chi connectivity index (χ3n) is 3.46. The Morgan fingerprint density at radius 2 is 1.80 bits per heavy atom. The van der Waals surface area contributed by atoms with Crippen molar-refractivity contribution in [1.29, 1.82) is 5.26 Å². The molecule has 3 rings (SSSR count). The third kappa shape index (κ3) is 4.20. The fraction of sp³-hybridized carbons (Fsp3) is 0.111. The Hall–Kier alpha value is -3.66. The highest BCUT2D eigenvalue weighted by Gasteiger charge is 2.03. The van der Waals surface area contributed by atoms with Crippen LogP contribution >= 0.6 is 0 Å². The fourth-order valence-corrected chi connectivity index (χ4v) is 2.20. The summed E-state index contributed by atoms with van der Waals surface area (Å²) in [4.78, 5) is 6.42. The molecule has 0 bridgehead atoms. The summed E-state index contributed by atoms with van der Waals surface area (Å²) in [5.41, 5.74) is 3.32. The maximum atomic E-state index is 8.96. The SMILES string of the molecule is CN(C)c1ccc(Nc2cnnc(Nc3cccc(C#N)c3)n2)cc1. The van der Waals surface area contributed by atoms with Crippen LogP contribution in [0.3, 0.4) is 0 Å². The normalized spacial score (nSPS) is 9.96. The first-order valence-electron chi connectivity index (χ1n) is 7.65. The van der Waals surface area contributed by atoms with Gasteiger partial charge in [0.15, 0.2) is 5.82 Å². The van der Waals surface area contributed by atoms with Crippen LogP contribution in [-0.4, -0.2) is 29.3 Å². The summed E-state index contributed by atoms with van der Waals surface area (Å²) in [6.45, 7) is 0. The second-order valence-corrected chi connectivity index (χ2v) is 5.55. The smallest absolute Gasteiger partial charge is 0.249 e. The van der Waals surface area contributed by atoms with Crippen LogP contribution < -0.4 is 15.5 Å². The first-order chi connectivity index (χ1) is 12.1. The second-order valence-electron chi connectivity index (χ2n) is 5.55. The number of benzene rings is 2. The number of nitriles is 1. The zero-order valence-electron chi connectivity index (χ0n) is 13.9. The third-order valence-corrected chi connectivity index (χ3v) is 3.46. The lowest BCUT2D eigenvalue weighted by atomic mass is 10.2. The van der Waals surface area contributed by atoms with Crippen LogP contribution in [0.4, 0.5) is 28.8 Å². The zero-order valence-corrected chi connectivity index (χ0v) is 13.9. The largest absolute Gasteiger partial charge is 0.378 e. The first kappa shape index (κ1) is 16.2. The molecule has 1 heterocycles. The number of nitrogens with one attached hydrogen (secondary N) is 2. The van der Waals surface area contributed by atoms with Crippen LogP contribution in [0, 0.1) is 11.3 Å². The van der Waals surface area contributed by atoms with Gasteiger partial charge in [-0.25, -0.2) is 0 Å². The van der Waals surface area contributed by atoms with Crippen molar-refractivity contribution in [2.45, 2.75) is 0 Å². The van der Waals surface area contributed by atoms with Gasteiger partial charge in [-0.15, -0.1) is 5.10 Å². The quantitative estimate of drug-likeness (QED) is 0.741. The van der Waals surface area contributed by atoms with E-state index >= 15 is 0 Å². The molecule has 0 aliphatic carbocycles. The van der Waals surface area contributed by atoms with Gasteiger partial charge in [0.1, 0.15) is 0 Å². The van der Waals surface area contributed by atoms with Gasteiger partial charge < -0.3 is 15.5 Å². The Kier molecular flexibility index (Phi) is 4.72. The molecule has 0 radical (unpaired) electrons. The van der Waals surface area contributed by atoms with Crippen molar-refractivity contribution in [3.8, 4) is 6.07 Å². The topological polar surface area (TPSA) is 89.8 Å². The first-order valence-corrected chi connectivity index (χ1v) is 7.65. The summed E-state index contributed by atoms with van der Waals surface area (Å²) in [6, 6.07) is 17.2. The lowest BCUT2D eigenvalue weighted by molar-refractivity contribution is 0.982. The number of rotatable bonds is 5. The Morgan fingerprint density at radius 3 is 2.52 bits per heavy atom. The lowest BCUT2D eigenvalue weighted by Crippen LogP contribution is -2.08. The van der Waals surface area contributed by atoms with Crippen molar-refractivity contribution in [3.05, 3.63) is 60.3 Å². The van der Waals surface area contributed by atoms with E-state index in [4.69, 9.17) is 5.26 Å². The average molecular weight is 331 g/mol. The molecule has 0 saturated heterocycles. The number of anilines is 5. The van der Waals surface area contributed by atoms with Crippen LogP contribution in [0.15, 0.2) is 54.7 Å². The van der Waals surface area contributed by atoms with E-state index in [1.807, 2.05) is 49.3 Å². The molecule has 0 fully saturated rings. The number of hydrogen-bond acceptors (Lipinski definition) is 7. The van der Waals surface area contributed by atoms with E-state index in [9.17, 15) is 0 Å². The number of hydrogen-bond donors (Lipinski definition) is 2. The molecule has 7 nitrogen and oxygen atoms in total. The summed E-state index contributed by atoms with van der Waals surface area (Å²) >= 11 is 0. The molecule has 3 aromatic rings. The maximum absolute atomic E-state index is 8.96. The molecular weight excluding hydrogens is 314 g/mol. The van der Waals surface area contributed by atoms with Crippen molar-refractivity contribution < 1.29 is 0 Å². The van der Waals surface area contributed by atoms with Gasteiger partial charge >= 0.3 is 0 Å². The molecule has 0 amide bonds. The van der Waals surface area contributed by atoms with Crippen LogP contribution in [0.2, 0.25) is 0 Å². The van der Waals surface area contributed by atoms with Crippen LogP contribution in [0.25, 0.3) is 0 Å². The molecule has 1 aromatic heterocycles. The lowest BCUT2D eigenvalue weighted by Gasteiger charge is -2.13. The van der Waals surface area contributed by atoms with E-state index in [1.165, 1.54) is 0 Å². The molecule has 2 aromatic carbocycles. The highest BCUT2D eigenvalue weighted by molar-refractivity contribution is 5.62. The molecule has 0 saturated carbocycles. The van der Waals surface area contributed by atoms with Crippen molar-refractivity contribution >= 4 is 28.8 Å². The monoisotopic (exact) mass is 331 g/mol. The number of aromatic nitrogens is 3. The molecule has 25 heavy (non-hydrogen) atoms. The zero-order chi connectivity index (χ0) is 17.6. The maximum Gasteiger partial charge on any atom is 0.249 e. The molecule has 0 atom stereocenters. The highest BCUT2D eigenvalue weighted by atomic mass is 15.3. The van der Waals surface area contributed by atoms with Crippen molar-refractivity contribution in [2.24, 2.45) is 0 Å². The standard InChI is InChI=1S/C18H17N7/c1-25(2)16-8-6-14(7-9-16)21-17-12-20-24-18(23-17)22-15-5-3-4-13(10-15)11-19/h3-10,12H,1-2H3,(H2,21,22,23,24). The van der Waals surface area contributed by atoms with Gasteiger partial charge in [-0.1, -0.05) is 6.07 Å². The van der Waals surface area contributed by atoms with Gasteiger partial charge in [0.2, 0.25) is 5.95 Å². The summed E-state index contributed by atoms with van der Waals surface area (Å²) < 4.78 is 0. The van der Waals surface area contributed by atoms with Crippen molar-refractivity contribution in [1.82, 2.24) is 15.2 Å². The minimum absolute atomic E-state index is 0.352. The predicted octanol–water partition coefficient (Wildman–Crippen LogP) is 3.30. The van der Waals surface area contributed by atoms with Gasteiger partial charge in [-0.05, 0) is 42.5 Å². The molecule has 0 aliphatic rings. The summed E-state index contributed by atoms with van der Waals surface area (Å²) in [5, 5.41) is 23.1. The van der Waals surface area contributed by atoms with E-state index in [-0.39, 0.29) is 0 Å². The molecule has 7 heteroatoms. The van der Waals surface area contributed by atoms with Crippen LogP contribution in [-0.2, 0) is 0 Å². The van der Waals surface area contributed by atoms with Gasteiger partial charge in [0.05, 0.1) is 17.8 Å². The molecule has 0 spiro atoms. The summed E-state index contributed by atoms with van der Waals surface area (Å²) in [5.74, 6) is 0.927. The molecular formula is C18H17N7. The van der Waals surface area contributed by atoms with Gasteiger partial charge in [-0.3, -0.25) is 0 Å². The Bertz CT molecular complexity index is 898. The average Bonchev–Trinajstić information content (AvgIpc) is 2.62. The van der Waals surface area contributed by atoms with E-state index in [1.54, 1.807) is 24.4 Å². The molecule has 2 N–H and O–H groups in total.